The first kappa shape index (κ1) is 23.3. The summed E-state index contributed by atoms with van der Waals surface area (Å²) in [6, 6.07) is 8.85. The second-order valence-electron chi connectivity index (χ2n) is 8.43. The van der Waals surface area contributed by atoms with Gasteiger partial charge in [0.25, 0.3) is 0 Å². The summed E-state index contributed by atoms with van der Waals surface area (Å²) in [6.45, 7) is 4.29. The molecule has 0 spiro atoms. The molecule has 1 unspecified atom stereocenters. The van der Waals surface area contributed by atoms with E-state index in [4.69, 9.17) is 20.6 Å². The van der Waals surface area contributed by atoms with E-state index in [1.54, 1.807) is 16.7 Å². The number of likely N-dealkylation sites (tertiary alicyclic amines) is 1. The molecule has 0 radical (unpaired) electrons. The van der Waals surface area contributed by atoms with E-state index in [-0.39, 0.29) is 29.1 Å². The highest BCUT2D eigenvalue weighted by Crippen LogP contribution is 2.35. The molecule has 9 nitrogen and oxygen atoms in total. The van der Waals surface area contributed by atoms with Crippen molar-refractivity contribution in [2.45, 2.75) is 19.3 Å². The first-order valence-electron chi connectivity index (χ1n) is 11.4. The predicted octanol–water partition coefficient (Wildman–Crippen LogP) is 3.82. The molecule has 1 fully saturated rings. The number of ether oxygens (including phenoxy) is 1. The molecule has 4 heterocycles. The van der Waals surface area contributed by atoms with Crippen LogP contribution < -0.4 is 10.5 Å². The molecule has 0 bridgehead atoms. The quantitative estimate of drug-likeness (QED) is 0.395. The monoisotopic (exact) mass is 486 g/mol. The van der Waals surface area contributed by atoms with Crippen LogP contribution >= 0.6 is 0 Å². The Morgan fingerprint density at radius 2 is 2.08 bits per heavy atom. The first-order chi connectivity index (χ1) is 17.4. The van der Waals surface area contributed by atoms with Crippen molar-refractivity contribution in [3.8, 4) is 34.9 Å². The maximum atomic E-state index is 15.1. The van der Waals surface area contributed by atoms with Crippen LogP contribution in [0, 0.1) is 17.7 Å². The number of nitrogens with two attached hydrogens (primary N) is 1. The molecule has 0 saturated carbocycles. The van der Waals surface area contributed by atoms with E-state index >= 15 is 4.39 Å². The maximum absolute atomic E-state index is 15.1. The van der Waals surface area contributed by atoms with E-state index < -0.39 is 11.8 Å². The molecular weight excluding hydrogens is 463 g/mol. The Labute approximate surface area is 206 Å². The van der Waals surface area contributed by atoms with Crippen LogP contribution in [-0.4, -0.2) is 55.0 Å². The summed E-state index contributed by atoms with van der Waals surface area (Å²) in [5.41, 5.74) is 8.43. The Morgan fingerprint density at radius 3 is 2.86 bits per heavy atom. The van der Waals surface area contributed by atoms with Gasteiger partial charge in [0.15, 0.2) is 11.6 Å². The molecular formula is C26H23FN6O3. The number of imidazole rings is 1. The molecule has 3 N–H and O–H groups in total. The van der Waals surface area contributed by atoms with E-state index in [0.717, 1.165) is 30.7 Å². The van der Waals surface area contributed by atoms with Gasteiger partial charge in [-0.15, -0.1) is 5.92 Å². The third kappa shape index (κ3) is 4.44. The average Bonchev–Trinajstić information content (AvgIpc) is 3.50. The van der Waals surface area contributed by atoms with E-state index in [9.17, 15) is 4.79 Å². The number of nitrogens with zero attached hydrogens (tertiary/aromatic N) is 5. The van der Waals surface area contributed by atoms with Crippen LogP contribution in [0.15, 0.2) is 48.8 Å². The van der Waals surface area contributed by atoms with Crippen LogP contribution in [0.25, 0.3) is 16.9 Å². The van der Waals surface area contributed by atoms with Gasteiger partial charge >= 0.3 is 5.97 Å². The standard InChI is InChI=1S/C26H23FN6O3/c1-2-3-11-32-12-8-18(15-32)23-20-7-10-30-26(28)33(20)24(31-23)16-4-5-21(19(27)13-16)36-22-14-17(25(34)35)6-9-29-22/h4-7,9-10,13-14,18H,8,11-12,15H2,1H3,(H2,28,30)(H,34,35). The number of carbonyl (C=O) groups is 1. The van der Waals surface area contributed by atoms with Gasteiger partial charge in [-0.25, -0.2) is 24.1 Å². The van der Waals surface area contributed by atoms with Gasteiger partial charge in [-0.3, -0.25) is 9.30 Å². The third-order valence-electron chi connectivity index (χ3n) is 6.13. The number of carboxylic acids is 1. The molecule has 1 aromatic carbocycles. The second-order valence-corrected chi connectivity index (χ2v) is 8.43. The number of rotatable bonds is 6. The topological polar surface area (TPSA) is 119 Å². The van der Waals surface area contributed by atoms with Crippen molar-refractivity contribution < 1.29 is 19.0 Å². The maximum Gasteiger partial charge on any atom is 0.335 e. The van der Waals surface area contributed by atoms with Crippen molar-refractivity contribution in [2.75, 3.05) is 25.4 Å². The highest BCUT2D eigenvalue weighted by molar-refractivity contribution is 5.87. The van der Waals surface area contributed by atoms with Crippen LogP contribution in [0.1, 0.15) is 35.3 Å². The zero-order chi connectivity index (χ0) is 25.2. The lowest BCUT2D eigenvalue weighted by atomic mass is 10.0. The molecule has 182 valence electrons. The predicted molar refractivity (Wildman–Crippen MR) is 131 cm³/mol. The highest BCUT2D eigenvalue weighted by Gasteiger charge is 2.28. The lowest BCUT2D eigenvalue weighted by Gasteiger charge is -2.11. The zero-order valence-corrected chi connectivity index (χ0v) is 19.5. The lowest BCUT2D eigenvalue weighted by Crippen LogP contribution is -2.20. The molecule has 3 aromatic heterocycles. The van der Waals surface area contributed by atoms with Crippen LogP contribution in [0.5, 0.6) is 11.6 Å². The average molecular weight is 487 g/mol. The van der Waals surface area contributed by atoms with Gasteiger partial charge in [0.2, 0.25) is 11.8 Å². The Bertz CT molecular complexity index is 1520. The summed E-state index contributed by atoms with van der Waals surface area (Å²) in [7, 11) is 0. The summed E-state index contributed by atoms with van der Waals surface area (Å²) < 4.78 is 22.3. The van der Waals surface area contributed by atoms with Gasteiger partial charge in [0.1, 0.15) is 5.82 Å². The Kier molecular flexibility index (Phi) is 6.23. The summed E-state index contributed by atoms with van der Waals surface area (Å²) in [5.74, 6) is 5.06. The lowest BCUT2D eigenvalue weighted by molar-refractivity contribution is 0.0696. The minimum Gasteiger partial charge on any atom is -0.478 e. The number of anilines is 1. The molecule has 1 atom stereocenters. The fraction of sp³-hybridized carbons (Fsp3) is 0.231. The smallest absolute Gasteiger partial charge is 0.335 e. The van der Waals surface area contributed by atoms with Crippen molar-refractivity contribution in [3.05, 3.63) is 65.9 Å². The molecule has 0 aliphatic carbocycles. The van der Waals surface area contributed by atoms with Gasteiger partial charge in [-0.05, 0) is 50.2 Å². The SMILES string of the molecule is CC#CCN1CCC(c2nc(-c3ccc(Oc4cc(C(=O)O)ccn4)c(F)c3)n3c(N)nccc23)C1. The van der Waals surface area contributed by atoms with Crippen LogP contribution in [0.2, 0.25) is 0 Å². The molecule has 4 aromatic rings. The van der Waals surface area contributed by atoms with Gasteiger partial charge in [0, 0.05) is 36.5 Å². The number of aromatic carboxylic acids is 1. The van der Waals surface area contributed by atoms with E-state index in [1.165, 1.54) is 30.5 Å². The fourth-order valence-corrected chi connectivity index (χ4v) is 4.40. The van der Waals surface area contributed by atoms with Gasteiger partial charge < -0.3 is 15.6 Å². The Hall–Kier alpha value is -4.49. The molecule has 10 heteroatoms. The normalized spacial score (nSPS) is 15.6. The van der Waals surface area contributed by atoms with Gasteiger partial charge in [-0.2, -0.15) is 0 Å². The number of aromatic nitrogens is 4. The fourth-order valence-electron chi connectivity index (χ4n) is 4.40. The summed E-state index contributed by atoms with van der Waals surface area (Å²) in [6.07, 6.45) is 3.87. The largest absolute Gasteiger partial charge is 0.478 e. The summed E-state index contributed by atoms with van der Waals surface area (Å²) in [5, 5.41) is 9.14. The molecule has 36 heavy (non-hydrogen) atoms. The molecule has 1 aliphatic heterocycles. The van der Waals surface area contributed by atoms with Gasteiger partial charge in [-0.1, -0.05) is 5.92 Å². The molecule has 1 saturated heterocycles. The number of carboxylic acid groups (broad SMARTS) is 1. The van der Waals surface area contributed by atoms with E-state index in [2.05, 4.69) is 26.7 Å². The van der Waals surface area contributed by atoms with Crippen molar-refractivity contribution in [1.82, 2.24) is 24.3 Å². The third-order valence-corrected chi connectivity index (χ3v) is 6.13. The van der Waals surface area contributed by atoms with Crippen molar-refractivity contribution in [3.63, 3.8) is 0 Å². The van der Waals surface area contributed by atoms with Crippen LogP contribution in [0.3, 0.4) is 0 Å². The van der Waals surface area contributed by atoms with Crippen LogP contribution in [0.4, 0.5) is 10.3 Å². The Morgan fingerprint density at radius 1 is 1.25 bits per heavy atom. The second kappa shape index (κ2) is 9.64. The molecule has 1 aliphatic rings. The molecule has 5 rings (SSSR count). The number of pyridine rings is 1. The van der Waals surface area contributed by atoms with Crippen molar-refractivity contribution in [2.24, 2.45) is 0 Å². The number of hydrogen-bond donors (Lipinski definition) is 2. The molecule has 0 amide bonds. The number of halogens is 1. The number of nitrogen functional groups attached to an aromatic ring is 1. The minimum atomic E-state index is -1.13. The minimum absolute atomic E-state index is 0.0106. The Balaban J connectivity index is 1.48. The van der Waals surface area contributed by atoms with Crippen molar-refractivity contribution in [1.29, 1.82) is 0 Å². The van der Waals surface area contributed by atoms with Gasteiger partial charge in [0.05, 0.1) is 23.3 Å². The summed E-state index contributed by atoms with van der Waals surface area (Å²) in [4.78, 5) is 26.5. The van der Waals surface area contributed by atoms with E-state index in [1.807, 2.05) is 13.0 Å². The summed E-state index contributed by atoms with van der Waals surface area (Å²) >= 11 is 0. The van der Waals surface area contributed by atoms with Crippen LogP contribution in [-0.2, 0) is 0 Å². The van der Waals surface area contributed by atoms with Crippen molar-refractivity contribution >= 4 is 17.4 Å². The number of benzene rings is 1. The first-order valence-corrected chi connectivity index (χ1v) is 11.4. The zero-order valence-electron chi connectivity index (χ0n) is 19.5. The number of fused-ring (bicyclic) bond motifs is 1. The highest BCUT2D eigenvalue weighted by atomic mass is 19.1. The van der Waals surface area contributed by atoms with E-state index in [0.29, 0.717) is 17.9 Å². The number of hydrogen-bond acceptors (Lipinski definition) is 7.